The molecule has 0 radical (unpaired) electrons. The zero-order valence-electron chi connectivity index (χ0n) is 27.4. The molecule has 0 amide bonds. The van der Waals surface area contributed by atoms with Crippen molar-refractivity contribution in [3.63, 3.8) is 0 Å². The fourth-order valence-corrected chi connectivity index (χ4v) is 6.05. The maximum Gasteiger partial charge on any atom is 0.117 e. The third kappa shape index (κ3) is 23.5. The molecule has 0 unspecified atom stereocenters. The zero-order valence-corrected chi connectivity index (χ0v) is 27.4. The number of hydrogen-bond acceptors (Lipinski definition) is 2. The minimum Gasteiger partial charge on any atom is -0.508 e. The average Bonchev–Trinajstić information content (AvgIpc) is 2.96. The van der Waals surface area contributed by atoms with E-state index >= 15 is 0 Å². The Balaban J connectivity index is 2.05. The molecule has 2 nitrogen and oxygen atoms in total. The topological polar surface area (TPSA) is 23.5 Å². The van der Waals surface area contributed by atoms with E-state index in [2.05, 4.69) is 24.8 Å². The highest BCUT2D eigenvalue weighted by atomic mass is 16.3. The summed E-state index contributed by atoms with van der Waals surface area (Å²) in [4.78, 5) is 2.53. The first-order valence-electron chi connectivity index (χ1n) is 18.3. The molecule has 1 rings (SSSR count). The molecule has 0 saturated heterocycles. The van der Waals surface area contributed by atoms with Crippen LogP contribution in [-0.4, -0.2) is 18.2 Å². The van der Waals surface area contributed by atoms with Crippen LogP contribution in [0.1, 0.15) is 194 Å². The van der Waals surface area contributed by atoms with Crippen LogP contribution in [-0.2, 0) is 0 Å². The molecule has 0 saturated carbocycles. The van der Waals surface area contributed by atoms with Gasteiger partial charge in [-0.05, 0) is 25.0 Å². The maximum atomic E-state index is 10.0. The van der Waals surface area contributed by atoms with E-state index in [1.54, 1.807) is 6.07 Å². The fourth-order valence-electron chi connectivity index (χ4n) is 6.05. The molecule has 0 aliphatic heterocycles. The fraction of sp³-hybridized carbons (Fsp3) is 0.842. The van der Waals surface area contributed by atoms with Gasteiger partial charge < -0.3 is 10.0 Å². The van der Waals surface area contributed by atoms with E-state index in [9.17, 15) is 5.11 Å². The highest BCUT2D eigenvalue weighted by Gasteiger charge is 2.07. The van der Waals surface area contributed by atoms with Gasteiger partial charge in [-0.25, -0.2) is 0 Å². The van der Waals surface area contributed by atoms with Crippen molar-refractivity contribution in [2.45, 2.75) is 194 Å². The molecule has 0 aliphatic carbocycles. The number of unbranched alkanes of at least 4 members (excludes halogenated alkanes) is 26. The number of rotatable bonds is 31. The maximum absolute atomic E-state index is 10.0. The number of phenolic OH excluding ortho intramolecular Hbond substituents is 1. The van der Waals surface area contributed by atoms with Crippen molar-refractivity contribution < 1.29 is 5.11 Å². The van der Waals surface area contributed by atoms with E-state index in [1.807, 2.05) is 12.1 Å². The Bertz CT molecular complexity index is 598. The Morgan fingerprint density at radius 2 is 0.725 bits per heavy atom. The molecule has 0 fully saturated rings. The van der Waals surface area contributed by atoms with Crippen molar-refractivity contribution in [2.75, 3.05) is 18.0 Å². The lowest BCUT2D eigenvalue weighted by Gasteiger charge is -2.25. The summed E-state index contributed by atoms with van der Waals surface area (Å²) in [7, 11) is 0. The summed E-state index contributed by atoms with van der Waals surface area (Å²) in [6.45, 7) is 6.85. The largest absolute Gasteiger partial charge is 0.508 e. The summed E-state index contributed by atoms with van der Waals surface area (Å²) in [6, 6.07) is 7.91. The Labute approximate surface area is 252 Å². The lowest BCUT2D eigenvalue weighted by molar-refractivity contribution is 0.475. The lowest BCUT2D eigenvalue weighted by Crippen LogP contribution is -2.25. The summed E-state index contributed by atoms with van der Waals surface area (Å²) in [5.74, 6) is 0.393. The monoisotopic (exact) mass is 558 g/mol. The van der Waals surface area contributed by atoms with Gasteiger partial charge in [-0.15, -0.1) is 0 Å². The van der Waals surface area contributed by atoms with Crippen LogP contribution in [0.5, 0.6) is 5.75 Å². The third-order valence-electron chi connectivity index (χ3n) is 8.76. The van der Waals surface area contributed by atoms with Gasteiger partial charge in [0.15, 0.2) is 0 Å². The van der Waals surface area contributed by atoms with E-state index < -0.39 is 0 Å². The van der Waals surface area contributed by atoms with Gasteiger partial charge in [-0.2, -0.15) is 0 Å². The van der Waals surface area contributed by atoms with E-state index in [1.165, 1.54) is 185 Å². The van der Waals surface area contributed by atoms with Crippen LogP contribution in [0, 0.1) is 0 Å². The number of anilines is 1. The summed E-state index contributed by atoms with van der Waals surface area (Å²) in [5, 5.41) is 10.0. The number of phenols is 1. The molecule has 0 bridgehead atoms. The molecule has 1 N–H and O–H groups in total. The Hall–Kier alpha value is -1.18. The highest BCUT2D eigenvalue weighted by Crippen LogP contribution is 2.22. The van der Waals surface area contributed by atoms with Gasteiger partial charge in [-0.1, -0.05) is 187 Å². The minimum absolute atomic E-state index is 0.393. The van der Waals surface area contributed by atoms with Crippen molar-refractivity contribution in [1.82, 2.24) is 0 Å². The summed E-state index contributed by atoms with van der Waals surface area (Å²) in [5.41, 5.74) is 1.20. The van der Waals surface area contributed by atoms with E-state index in [4.69, 9.17) is 0 Å². The highest BCUT2D eigenvalue weighted by molar-refractivity contribution is 5.50. The second-order valence-corrected chi connectivity index (χ2v) is 12.7. The predicted molar refractivity (Wildman–Crippen MR) is 181 cm³/mol. The molecule has 0 aliphatic rings. The van der Waals surface area contributed by atoms with Gasteiger partial charge in [0.25, 0.3) is 0 Å². The Morgan fingerprint density at radius 1 is 0.425 bits per heavy atom. The SMILES string of the molecule is CCCCCCCCCCCCCCCCN(CCCCCCCCCCCCCCCC)c1cccc(O)c1. The van der Waals surface area contributed by atoms with E-state index in [0.717, 1.165) is 13.1 Å². The van der Waals surface area contributed by atoms with Crippen molar-refractivity contribution in [3.8, 4) is 5.75 Å². The molecule has 0 aromatic heterocycles. The van der Waals surface area contributed by atoms with Crippen LogP contribution in [0.2, 0.25) is 0 Å². The average molecular weight is 558 g/mol. The van der Waals surface area contributed by atoms with Crippen molar-refractivity contribution in [1.29, 1.82) is 0 Å². The number of benzene rings is 1. The first kappa shape index (κ1) is 36.8. The standard InChI is InChI=1S/C38H71NO/c1-3-5-7-9-11-13-15-17-19-21-23-25-27-29-34-39(37-32-31-33-38(40)36-37)35-30-28-26-24-22-20-18-16-14-12-10-8-6-4-2/h31-33,36,40H,3-30,34-35H2,1-2H3. The Morgan fingerprint density at radius 3 is 1.02 bits per heavy atom. The molecule has 1 aromatic rings. The van der Waals surface area contributed by atoms with Crippen LogP contribution < -0.4 is 4.90 Å². The molecule has 40 heavy (non-hydrogen) atoms. The first-order valence-corrected chi connectivity index (χ1v) is 18.3. The second kappa shape index (κ2) is 29.3. The van der Waals surface area contributed by atoms with Gasteiger partial charge >= 0.3 is 0 Å². The molecule has 1 aromatic carbocycles. The predicted octanol–water partition coefficient (Wildman–Crippen LogP) is 13.2. The van der Waals surface area contributed by atoms with Crippen molar-refractivity contribution >= 4 is 5.69 Å². The van der Waals surface area contributed by atoms with Crippen LogP contribution in [0.3, 0.4) is 0 Å². The number of nitrogens with zero attached hydrogens (tertiary/aromatic N) is 1. The van der Waals surface area contributed by atoms with Crippen molar-refractivity contribution in [3.05, 3.63) is 24.3 Å². The van der Waals surface area contributed by atoms with Crippen LogP contribution >= 0.6 is 0 Å². The second-order valence-electron chi connectivity index (χ2n) is 12.7. The molecule has 0 heterocycles. The third-order valence-corrected chi connectivity index (χ3v) is 8.76. The zero-order chi connectivity index (χ0) is 28.8. The molecule has 0 spiro atoms. The van der Waals surface area contributed by atoms with E-state index in [-0.39, 0.29) is 0 Å². The molecular formula is C38H71NO. The lowest BCUT2D eigenvalue weighted by atomic mass is 10.0. The summed E-state index contributed by atoms with van der Waals surface area (Å²) in [6.07, 6.45) is 39.4. The van der Waals surface area contributed by atoms with Crippen LogP contribution in [0.15, 0.2) is 24.3 Å². The number of hydrogen-bond donors (Lipinski definition) is 1. The first-order chi connectivity index (χ1) is 19.8. The summed E-state index contributed by atoms with van der Waals surface area (Å²) < 4.78 is 0. The molecule has 2 heteroatoms. The van der Waals surface area contributed by atoms with Crippen LogP contribution in [0.4, 0.5) is 5.69 Å². The van der Waals surface area contributed by atoms with Gasteiger partial charge in [0.1, 0.15) is 5.75 Å². The van der Waals surface area contributed by atoms with Gasteiger partial charge in [-0.3, -0.25) is 0 Å². The van der Waals surface area contributed by atoms with Crippen LogP contribution in [0.25, 0.3) is 0 Å². The molecule has 0 atom stereocenters. The van der Waals surface area contributed by atoms with Gasteiger partial charge in [0.2, 0.25) is 0 Å². The molecule has 234 valence electrons. The van der Waals surface area contributed by atoms with Gasteiger partial charge in [0.05, 0.1) is 0 Å². The smallest absolute Gasteiger partial charge is 0.117 e. The van der Waals surface area contributed by atoms with Crippen molar-refractivity contribution in [2.24, 2.45) is 0 Å². The summed E-state index contributed by atoms with van der Waals surface area (Å²) >= 11 is 0. The molecular weight excluding hydrogens is 486 g/mol. The normalized spacial score (nSPS) is 11.3. The quantitative estimate of drug-likeness (QED) is 0.0917. The van der Waals surface area contributed by atoms with E-state index in [0.29, 0.717) is 5.75 Å². The minimum atomic E-state index is 0.393. The Kier molecular flexibility index (Phi) is 27.0. The van der Waals surface area contributed by atoms with Gasteiger partial charge in [0, 0.05) is 24.8 Å². The number of aromatic hydroxyl groups is 1.